The highest BCUT2D eigenvalue weighted by Crippen LogP contribution is 2.00. The first-order valence-corrected chi connectivity index (χ1v) is 4.05. The molecule has 0 aliphatic heterocycles. The molecule has 90 valence electrons. The van der Waals surface area contributed by atoms with Crippen molar-refractivity contribution in [3.8, 4) is 0 Å². The van der Waals surface area contributed by atoms with Gasteiger partial charge in [0.15, 0.2) is 6.10 Å². The lowest BCUT2D eigenvalue weighted by atomic mass is 10.2. The fourth-order valence-corrected chi connectivity index (χ4v) is 0.666. The maximum atomic E-state index is 11.0. The number of ketones is 1. The van der Waals surface area contributed by atoms with E-state index in [1.165, 1.54) is 0 Å². The SMILES string of the molecule is CC(=O)OC(=O)C(=O)C(O)C(O)OC(C)=O. The summed E-state index contributed by atoms with van der Waals surface area (Å²) in [7, 11) is 0. The summed E-state index contributed by atoms with van der Waals surface area (Å²) in [5, 5.41) is 18.0. The largest absolute Gasteiger partial charge is 0.433 e. The third kappa shape index (κ3) is 4.62. The zero-order valence-corrected chi connectivity index (χ0v) is 8.50. The molecule has 8 nitrogen and oxygen atoms in total. The summed E-state index contributed by atoms with van der Waals surface area (Å²) >= 11 is 0. The second kappa shape index (κ2) is 5.93. The van der Waals surface area contributed by atoms with Crippen LogP contribution in [0.4, 0.5) is 0 Å². The van der Waals surface area contributed by atoms with Crippen LogP contribution in [0.15, 0.2) is 0 Å². The van der Waals surface area contributed by atoms with Crippen molar-refractivity contribution in [3.05, 3.63) is 0 Å². The van der Waals surface area contributed by atoms with Gasteiger partial charge >= 0.3 is 17.9 Å². The lowest BCUT2D eigenvalue weighted by Crippen LogP contribution is -2.41. The highest BCUT2D eigenvalue weighted by atomic mass is 16.6. The van der Waals surface area contributed by atoms with Crippen LogP contribution in [0, 0.1) is 0 Å². The minimum atomic E-state index is -2.30. The monoisotopic (exact) mass is 234 g/mol. The van der Waals surface area contributed by atoms with E-state index in [-0.39, 0.29) is 0 Å². The van der Waals surface area contributed by atoms with Crippen molar-refractivity contribution in [1.29, 1.82) is 0 Å². The highest BCUT2D eigenvalue weighted by molar-refractivity contribution is 6.36. The molecule has 0 saturated heterocycles. The number of Topliss-reactive ketones (excluding diaryl/α,β-unsaturated/α-hetero) is 1. The summed E-state index contributed by atoms with van der Waals surface area (Å²) in [6, 6.07) is 0. The first-order chi connectivity index (χ1) is 7.25. The Kier molecular flexibility index (Phi) is 5.26. The number of ether oxygens (including phenoxy) is 2. The first kappa shape index (κ1) is 14.2. The number of hydrogen-bond donors (Lipinski definition) is 2. The number of carbonyl (C=O) groups is 4. The standard InChI is InChI=1S/C8H10O8/c1-3(9)15-7(13)5(11)6(12)8(14)16-4(2)10/h5,7,11,13H,1-2H3. The number of esters is 3. The van der Waals surface area contributed by atoms with Gasteiger partial charge in [0.05, 0.1) is 0 Å². The Hall–Kier alpha value is -1.80. The summed E-state index contributed by atoms with van der Waals surface area (Å²) in [5.74, 6) is -5.25. The van der Waals surface area contributed by atoms with Gasteiger partial charge in [-0.25, -0.2) is 4.79 Å². The van der Waals surface area contributed by atoms with E-state index < -0.39 is 36.1 Å². The lowest BCUT2D eigenvalue weighted by molar-refractivity contribution is -0.190. The van der Waals surface area contributed by atoms with E-state index >= 15 is 0 Å². The minimum absolute atomic E-state index is 0.875. The second-order valence-corrected chi connectivity index (χ2v) is 2.69. The Balaban J connectivity index is 4.42. The molecule has 0 rings (SSSR count). The molecule has 0 bridgehead atoms. The highest BCUT2D eigenvalue weighted by Gasteiger charge is 2.33. The van der Waals surface area contributed by atoms with E-state index in [1.807, 2.05) is 0 Å². The molecule has 0 aliphatic carbocycles. The second-order valence-electron chi connectivity index (χ2n) is 2.69. The number of aliphatic hydroxyl groups is 2. The molecule has 0 radical (unpaired) electrons. The van der Waals surface area contributed by atoms with Crippen molar-refractivity contribution in [3.63, 3.8) is 0 Å². The van der Waals surface area contributed by atoms with Crippen LogP contribution in [0.2, 0.25) is 0 Å². The van der Waals surface area contributed by atoms with Crippen molar-refractivity contribution in [2.45, 2.75) is 26.2 Å². The molecule has 0 fully saturated rings. The van der Waals surface area contributed by atoms with Crippen molar-refractivity contribution < 1.29 is 38.9 Å². The van der Waals surface area contributed by atoms with E-state index in [1.54, 1.807) is 0 Å². The average Bonchev–Trinajstić information content (AvgIpc) is 2.13. The molecule has 0 aromatic heterocycles. The molecule has 2 unspecified atom stereocenters. The Morgan fingerprint density at radius 2 is 1.50 bits per heavy atom. The van der Waals surface area contributed by atoms with Crippen LogP contribution in [0.1, 0.15) is 13.8 Å². The summed E-state index contributed by atoms with van der Waals surface area (Å²) < 4.78 is 7.89. The van der Waals surface area contributed by atoms with Gasteiger partial charge < -0.3 is 19.7 Å². The van der Waals surface area contributed by atoms with E-state index in [2.05, 4.69) is 9.47 Å². The Morgan fingerprint density at radius 1 is 1.00 bits per heavy atom. The molecule has 0 saturated carbocycles. The van der Waals surface area contributed by atoms with Crippen LogP contribution in [-0.2, 0) is 28.7 Å². The molecule has 0 aromatic rings. The molecule has 0 heterocycles. The van der Waals surface area contributed by atoms with Gasteiger partial charge in [0.2, 0.25) is 6.29 Å². The van der Waals surface area contributed by atoms with Crippen LogP contribution < -0.4 is 0 Å². The molecule has 16 heavy (non-hydrogen) atoms. The van der Waals surface area contributed by atoms with Gasteiger partial charge in [-0.2, -0.15) is 0 Å². The minimum Gasteiger partial charge on any atom is -0.433 e. The van der Waals surface area contributed by atoms with Crippen molar-refractivity contribution in [2.75, 3.05) is 0 Å². The Labute approximate surface area is 89.8 Å². The van der Waals surface area contributed by atoms with Crippen LogP contribution in [0.5, 0.6) is 0 Å². The molecule has 2 atom stereocenters. The normalized spacial score (nSPS) is 13.5. The number of hydrogen-bond acceptors (Lipinski definition) is 8. The maximum Gasteiger partial charge on any atom is 0.385 e. The smallest absolute Gasteiger partial charge is 0.385 e. The third-order valence-electron chi connectivity index (χ3n) is 1.26. The van der Waals surface area contributed by atoms with Crippen molar-refractivity contribution >= 4 is 23.7 Å². The van der Waals surface area contributed by atoms with E-state index in [0.717, 1.165) is 13.8 Å². The fourth-order valence-electron chi connectivity index (χ4n) is 0.666. The molecule has 8 heteroatoms. The molecular formula is C8H10O8. The quantitative estimate of drug-likeness (QED) is 0.245. The van der Waals surface area contributed by atoms with Gasteiger partial charge in [-0.3, -0.25) is 14.4 Å². The van der Waals surface area contributed by atoms with Crippen molar-refractivity contribution in [1.82, 2.24) is 0 Å². The summed E-state index contributed by atoms with van der Waals surface area (Å²) in [5.41, 5.74) is 0. The number of aliphatic hydroxyl groups excluding tert-OH is 2. The van der Waals surface area contributed by atoms with E-state index in [0.29, 0.717) is 0 Å². The maximum absolute atomic E-state index is 11.0. The Morgan fingerprint density at radius 3 is 1.88 bits per heavy atom. The van der Waals surface area contributed by atoms with Gasteiger partial charge in [0.1, 0.15) is 0 Å². The lowest BCUT2D eigenvalue weighted by Gasteiger charge is -2.14. The first-order valence-electron chi connectivity index (χ1n) is 4.05. The van der Waals surface area contributed by atoms with Gasteiger partial charge in [0.25, 0.3) is 5.78 Å². The van der Waals surface area contributed by atoms with Gasteiger partial charge in [-0.05, 0) is 0 Å². The average molecular weight is 234 g/mol. The van der Waals surface area contributed by atoms with Crippen LogP contribution in [-0.4, -0.2) is 46.3 Å². The van der Waals surface area contributed by atoms with Gasteiger partial charge in [-0.1, -0.05) is 0 Å². The van der Waals surface area contributed by atoms with E-state index in [9.17, 15) is 19.2 Å². The molecular weight excluding hydrogens is 224 g/mol. The number of carbonyl (C=O) groups excluding carboxylic acids is 4. The summed E-state index contributed by atoms with van der Waals surface area (Å²) in [4.78, 5) is 42.4. The molecule has 2 N–H and O–H groups in total. The van der Waals surface area contributed by atoms with Gasteiger partial charge in [-0.15, -0.1) is 0 Å². The van der Waals surface area contributed by atoms with Crippen LogP contribution in [0.25, 0.3) is 0 Å². The molecule has 0 amide bonds. The predicted molar refractivity (Wildman–Crippen MR) is 45.6 cm³/mol. The summed E-state index contributed by atoms with van der Waals surface area (Å²) in [6.07, 6.45) is -4.49. The van der Waals surface area contributed by atoms with Gasteiger partial charge in [0, 0.05) is 13.8 Å². The summed E-state index contributed by atoms with van der Waals surface area (Å²) in [6.45, 7) is 1.80. The Bertz CT molecular complexity index is 320. The number of rotatable bonds is 4. The molecule has 0 aliphatic rings. The fraction of sp³-hybridized carbons (Fsp3) is 0.500. The third-order valence-corrected chi connectivity index (χ3v) is 1.26. The zero-order chi connectivity index (χ0) is 12.9. The molecule has 0 spiro atoms. The molecule has 0 aromatic carbocycles. The van der Waals surface area contributed by atoms with Crippen LogP contribution in [0.3, 0.4) is 0 Å². The topological polar surface area (TPSA) is 127 Å². The predicted octanol–water partition coefficient (Wildman–Crippen LogP) is -2.11. The van der Waals surface area contributed by atoms with E-state index in [4.69, 9.17) is 10.2 Å². The van der Waals surface area contributed by atoms with Crippen molar-refractivity contribution in [2.24, 2.45) is 0 Å². The zero-order valence-electron chi connectivity index (χ0n) is 8.50. The van der Waals surface area contributed by atoms with Crippen LogP contribution >= 0.6 is 0 Å².